The summed E-state index contributed by atoms with van der Waals surface area (Å²) in [5, 5.41) is -0.160. The first-order valence-electron chi connectivity index (χ1n) is 7.89. The summed E-state index contributed by atoms with van der Waals surface area (Å²) in [4.78, 5) is 12.4. The summed E-state index contributed by atoms with van der Waals surface area (Å²) in [7, 11) is 0. The van der Waals surface area contributed by atoms with Crippen LogP contribution < -0.4 is 0 Å². The highest BCUT2D eigenvalue weighted by Gasteiger charge is 2.40. The van der Waals surface area contributed by atoms with Crippen molar-refractivity contribution in [2.75, 3.05) is 0 Å². The summed E-state index contributed by atoms with van der Waals surface area (Å²) in [6.45, 7) is 3.51. The van der Waals surface area contributed by atoms with Gasteiger partial charge in [0.1, 0.15) is 5.03 Å². The van der Waals surface area contributed by atoms with Gasteiger partial charge in [0.2, 0.25) is 0 Å². The summed E-state index contributed by atoms with van der Waals surface area (Å²) in [6, 6.07) is 28.9. The van der Waals surface area contributed by atoms with E-state index in [4.69, 9.17) is 16.3 Å². The van der Waals surface area contributed by atoms with Gasteiger partial charge < -0.3 is 4.74 Å². The zero-order chi connectivity index (χ0) is 17.7. The lowest BCUT2D eigenvalue weighted by Gasteiger charge is -2.35. The largest absolute Gasteiger partial charge is 0.440 e. The van der Waals surface area contributed by atoms with Gasteiger partial charge in [-0.1, -0.05) is 109 Å². The second-order valence-electron chi connectivity index (χ2n) is 5.57. The number of esters is 1. The highest BCUT2D eigenvalue weighted by atomic mass is 35.5. The van der Waals surface area contributed by atoms with E-state index in [1.807, 2.05) is 91.0 Å². The number of halogens is 1. The number of rotatable bonds is 5. The van der Waals surface area contributed by atoms with E-state index in [0.717, 1.165) is 16.7 Å². The van der Waals surface area contributed by atoms with Crippen molar-refractivity contribution in [2.24, 2.45) is 0 Å². The maximum Gasteiger partial charge on any atom is 0.350 e. The zero-order valence-corrected chi connectivity index (χ0v) is 14.3. The second-order valence-corrected chi connectivity index (χ2v) is 6.03. The van der Waals surface area contributed by atoms with Crippen molar-refractivity contribution >= 4 is 17.6 Å². The van der Waals surface area contributed by atoms with E-state index in [0.29, 0.717) is 0 Å². The Balaban J connectivity index is 2.31. The predicted octanol–water partition coefficient (Wildman–Crippen LogP) is 5.27. The van der Waals surface area contributed by atoms with Crippen LogP contribution in [0.5, 0.6) is 0 Å². The van der Waals surface area contributed by atoms with Crippen molar-refractivity contribution in [2.45, 2.75) is 5.60 Å². The van der Waals surface area contributed by atoms with Crippen molar-refractivity contribution < 1.29 is 9.53 Å². The topological polar surface area (TPSA) is 26.3 Å². The van der Waals surface area contributed by atoms with Gasteiger partial charge in [0, 0.05) is 16.7 Å². The lowest BCUT2D eigenvalue weighted by Crippen LogP contribution is -2.35. The van der Waals surface area contributed by atoms with Gasteiger partial charge in [0.25, 0.3) is 0 Å². The molecule has 3 aromatic carbocycles. The molecule has 124 valence electrons. The third-order valence-corrected chi connectivity index (χ3v) is 4.16. The number of benzene rings is 3. The Kier molecular flexibility index (Phi) is 5.01. The number of hydrogen-bond donors (Lipinski definition) is 0. The van der Waals surface area contributed by atoms with E-state index in [9.17, 15) is 4.79 Å². The Hall–Kier alpha value is -2.84. The molecular weight excluding hydrogens is 332 g/mol. The predicted molar refractivity (Wildman–Crippen MR) is 100 cm³/mol. The van der Waals surface area contributed by atoms with Gasteiger partial charge in [-0.3, -0.25) is 0 Å². The molecule has 0 aliphatic heterocycles. The summed E-state index contributed by atoms with van der Waals surface area (Å²) >= 11 is 5.83. The van der Waals surface area contributed by atoms with Gasteiger partial charge >= 0.3 is 5.97 Å². The molecule has 3 rings (SSSR count). The third kappa shape index (κ3) is 3.35. The minimum Gasteiger partial charge on any atom is -0.440 e. The molecule has 0 spiro atoms. The molecule has 3 aromatic rings. The van der Waals surface area contributed by atoms with Crippen LogP contribution in [0.25, 0.3) is 0 Å². The average Bonchev–Trinajstić information content (AvgIpc) is 2.68. The average molecular weight is 349 g/mol. The molecule has 25 heavy (non-hydrogen) atoms. The number of ether oxygens (including phenoxy) is 1. The molecule has 0 fully saturated rings. The first kappa shape index (κ1) is 17.0. The summed E-state index contributed by atoms with van der Waals surface area (Å²) < 4.78 is 5.99. The summed E-state index contributed by atoms with van der Waals surface area (Å²) in [5.41, 5.74) is 1.38. The fraction of sp³-hybridized carbons (Fsp3) is 0.0455. The van der Waals surface area contributed by atoms with E-state index in [2.05, 4.69) is 6.58 Å². The molecule has 0 saturated carbocycles. The van der Waals surface area contributed by atoms with Gasteiger partial charge in [-0.15, -0.1) is 0 Å². The fourth-order valence-electron chi connectivity index (χ4n) is 2.89. The minimum atomic E-state index is -1.11. The third-order valence-electron chi connectivity index (χ3n) is 4.01. The molecule has 2 nitrogen and oxygen atoms in total. The molecule has 0 atom stereocenters. The first-order chi connectivity index (χ1) is 12.1. The molecule has 0 unspecified atom stereocenters. The van der Waals surface area contributed by atoms with Crippen LogP contribution in [0.4, 0.5) is 0 Å². The van der Waals surface area contributed by atoms with Crippen LogP contribution in [0.1, 0.15) is 16.7 Å². The van der Waals surface area contributed by atoms with Gasteiger partial charge in [-0.2, -0.15) is 0 Å². The van der Waals surface area contributed by atoms with Crippen molar-refractivity contribution in [1.82, 2.24) is 0 Å². The Morgan fingerprint density at radius 3 is 1.32 bits per heavy atom. The number of carbonyl (C=O) groups excluding carboxylic acids is 1. The smallest absolute Gasteiger partial charge is 0.350 e. The molecule has 0 amide bonds. The van der Waals surface area contributed by atoms with E-state index in [1.165, 1.54) is 0 Å². The van der Waals surface area contributed by atoms with Crippen LogP contribution in [-0.2, 0) is 15.1 Å². The van der Waals surface area contributed by atoms with Crippen molar-refractivity contribution in [3.05, 3.63) is 119 Å². The van der Waals surface area contributed by atoms with Crippen LogP contribution in [0.15, 0.2) is 103 Å². The molecule has 0 N–H and O–H groups in total. The van der Waals surface area contributed by atoms with Gasteiger partial charge in [0.05, 0.1) is 0 Å². The highest BCUT2D eigenvalue weighted by Crippen LogP contribution is 2.41. The molecule has 0 aliphatic rings. The van der Waals surface area contributed by atoms with Gasteiger partial charge in [-0.25, -0.2) is 4.79 Å². The summed E-state index contributed by atoms with van der Waals surface area (Å²) in [5.74, 6) is -0.654. The Bertz CT molecular complexity index is 762. The highest BCUT2D eigenvalue weighted by molar-refractivity contribution is 6.40. The SMILES string of the molecule is C=C(Cl)C(=O)OC(c1ccccc1)(c1ccccc1)c1ccccc1. The first-order valence-corrected chi connectivity index (χ1v) is 8.26. The van der Waals surface area contributed by atoms with E-state index in [1.54, 1.807) is 0 Å². The van der Waals surface area contributed by atoms with Crippen LogP contribution in [0.2, 0.25) is 0 Å². The quantitative estimate of drug-likeness (QED) is 0.356. The number of hydrogen-bond acceptors (Lipinski definition) is 2. The molecule has 0 aromatic heterocycles. The molecule has 0 radical (unpaired) electrons. The lowest BCUT2D eigenvalue weighted by molar-refractivity contribution is -0.147. The molecule has 0 aliphatic carbocycles. The lowest BCUT2D eigenvalue weighted by atomic mass is 9.80. The fourth-order valence-corrected chi connectivity index (χ4v) is 2.93. The van der Waals surface area contributed by atoms with Crippen LogP contribution in [0, 0.1) is 0 Å². The van der Waals surface area contributed by atoms with Crippen molar-refractivity contribution in [1.29, 1.82) is 0 Å². The number of carbonyl (C=O) groups is 1. The van der Waals surface area contributed by atoms with Crippen molar-refractivity contribution in [3.8, 4) is 0 Å². The minimum absolute atomic E-state index is 0.160. The van der Waals surface area contributed by atoms with Crippen LogP contribution >= 0.6 is 11.6 Å². The molecule has 0 saturated heterocycles. The summed E-state index contributed by atoms with van der Waals surface area (Å²) in [6.07, 6.45) is 0. The standard InChI is InChI=1S/C22H17ClO2/c1-17(23)21(24)25-22(18-11-5-2-6-12-18,19-13-7-3-8-14-19)20-15-9-4-10-16-20/h2-16H,1H2. The van der Waals surface area contributed by atoms with Crippen molar-refractivity contribution in [3.63, 3.8) is 0 Å². The Morgan fingerprint density at radius 2 is 1.04 bits per heavy atom. The van der Waals surface area contributed by atoms with Crippen LogP contribution in [0.3, 0.4) is 0 Å². The molecular formula is C22H17ClO2. The Morgan fingerprint density at radius 1 is 0.720 bits per heavy atom. The van der Waals surface area contributed by atoms with Gasteiger partial charge in [0.15, 0.2) is 5.60 Å². The molecule has 0 heterocycles. The maximum atomic E-state index is 12.4. The Labute approximate surface area is 152 Å². The molecule has 0 bridgehead atoms. The van der Waals surface area contributed by atoms with E-state index < -0.39 is 11.6 Å². The normalized spacial score (nSPS) is 10.9. The van der Waals surface area contributed by atoms with Crippen LogP contribution in [-0.4, -0.2) is 5.97 Å². The van der Waals surface area contributed by atoms with E-state index >= 15 is 0 Å². The second kappa shape index (κ2) is 7.37. The zero-order valence-electron chi connectivity index (χ0n) is 13.6. The molecule has 3 heteroatoms. The monoisotopic (exact) mass is 348 g/mol. The van der Waals surface area contributed by atoms with Gasteiger partial charge in [-0.05, 0) is 0 Å². The maximum absolute atomic E-state index is 12.4. The van der Waals surface area contributed by atoms with E-state index in [-0.39, 0.29) is 5.03 Å².